The quantitative estimate of drug-likeness (QED) is 0.732. The van der Waals surface area contributed by atoms with Crippen molar-refractivity contribution in [2.75, 3.05) is 13.7 Å². The van der Waals surface area contributed by atoms with Gasteiger partial charge in [-0.15, -0.1) is 0 Å². The number of hydrogen-bond donors (Lipinski definition) is 1. The molecule has 0 aromatic heterocycles. The Hall–Kier alpha value is -1.63. The molecule has 0 saturated heterocycles. The first-order valence-electron chi connectivity index (χ1n) is 7.12. The fourth-order valence-corrected chi connectivity index (χ4v) is 2.82. The van der Waals surface area contributed by atoms with Crippen LogP contribution in [0.3, 0.4) is 0 Å². The van der Waals surface area contributed by atoms with E-state index in [1.54, 1.807) is 23.1 Å². The molecule has 2 aromatic rings. The Morgan fingerprint density at radius 2 is 2.00 bits per heavy atom. The van der Waals surface area contributed by atoms with Gasteiger partial charge in [0.25, 0.3) is 5.91 Å². The third-order valence-corrected chi connectivity index (χ3v) is 4.31. The number of nitrogens with one attached hydrogen (secondary N) is 1. The van der Waals surface area contributed by atoms with E-state index in [1.807, 2.05) is 37.4 Å². The molecule has 0 radical (unpaired) electrons. The van der Waals surface area contributed by atoms with Crippen LogP contribution < -0.4 is 10.1 Å². The van der Waals surface area contributed by atoms with Gasteiger partial charge in [0, 0.05) is 18.1 Å². The average Bonchev–Trinajstić information content (AvgIpc) is 2.55. The molecule has 0 aliphatic carbocycles. The fraction of sp³-hybridized carbons (Fsp3) is 0.176. The summed E-state index contributed by atoms with van der Waals surface area (Å²) in [5.41, 5.74) is 1.11. The Morgan fingerprint density at radius 3 is 2.67 bits per heavy atom. The van der Waals surface area contributed by atoms with Gasteiger partial charge in [0.15, 0.2) is 11.7 Å². The Labute approximate surface area is 159 Å². The lowest BCUT2D eigenvalue weighted by Gasteiger charge is -2.20. The van der Waals surface area contributed by atoms with Gasteiger partial charge in [-0.05, 0) is 36.0 Å². The van der Waals surface area contributed by atoms with E-state index in [1.165, 1.54) is 0 Å². The van der Waals surface area contributed by atoms with Gasteiger partial charge < -0.3 is 15.0 Å². The molecule has 2 rings (SSSR count). The molecule has 0 atom stereocenters. The van der Waals surface area contributed by atoms with Crippen molar-refractivity contribution in [3.63, 3.8) is 0 Å². The predicted octanol–water partition coefficient (Wildman–Crippen LogP) is 4.01. The van der Waals surface area contributed by atoms with Crippen LogP contribution in [-0.4, -0.2) is 29.6 Å². The highest BCUT2D eigenvalue weighted by Gasteiger charge is 2.11. The summed E-state index contributed by atoms with van der Waals surface area (Å²) in [6.07, 6.45) is 0. The van der Waals surface area contributed by atoms with Crippen LogP contribution >= 0.6 is 39.7 Å². The van der Waals surface area contributed by atoms with Gasteiger partial charge in [-0.3, -0.25) is 4.79 Å². The van der Waals surface area contributed by atoms with Crippen molar-refractivity contribution in [1.82, 2.24) is 10.2 Å². The molecule has 7 heteroatoms. The van der Waals surface area contributed by atoms with Crippen LogP contribution in [0.25, 0.3) is 0 Å². The van der Waals surface area contributed by atoms with Crippen molar-refractivity contribution < 1.29 is 9.53 Å². The zero-order chi connectivity index (χ0) is 17.5. The van der Waals surface area contributed by atoms with E-state index in [2.05, 4.69) is 21.2 Å². The number of benzene rings is 2. The smallest absolute Gasteiger partial charge is 0.264 e. The lowest BCUT2D eigenvalue weighted by molar-refractivity contribution is -0.121. The van der Waals surface area contributed by atoms with E-state index in [9.17, 15) is 4.79 Å². The summed E-state index contributed by atoms with van der Waals surface area (Å²) >= 11 is 14.6. The SMILES string of the molecule is CN(Cc1ccccc1)C(=S)NC(=O)COc1ccc(Br)cc1Cl. The van der Waals surface area contributed by atoms with Crippen LogP contribution in [0.2, 0.25) is 5.02 Å². The molecule has 1 N–H and O–H groups in total. The minimum atomic E-state index is -0.334. The summed E-state index contributed by atoms with van der Waals surface area (Å²) in [4.78, 5) is 13.7. The molecule has 126 valence electrons. The number of hydrogen-bond acceptors (Lipinski definition) is 3. The molecular weight excluding hydrogens is 412 g/mol. The Morgan fingerprint density at radius 1 is 1.29 bits per heavy atom. The Bertz CT molecular complexity index is 728. The van der Waals surface area contributed by atoms with Crippen LogP contribution in [0.1, 0.15) is 5.56 Å². The van der Waals surface area contributed by atoms with Crippen molar-refractivity contribution in [3.05, 3.63) is 63.6 Å². The van der Waals surface area contributed by atoms with E-state index in [0.29, 0.717) is 22.4 Å². The minimum absolute atomic E-state index is 0.166. The van der Waals surface area contributed by atoms with Crippen molar-refractivity contribution in [2.24, 2.45) is 0 Å². The van der Waals surface area contributed by atoms with Gasteiger partial charge in [0.1, 0.15) is 5.75 Å². The van der Waals surface area contributed by atoms with E-state index in [0.717, 1.165) is 10.0 Å². The number of ether oxygens (including phenoxy) is 1. The number of thiocarbonyl (C=S) groups is 1. The molecule has 1 amide bonds. The molecule has 0 heterocycles. The summed E-state index contributed by atoms with van der Waals surface area (Å²) in [6.45, 7) is 0.444. The zero-order valence-electron chi connectivity index (χ0n) is 13.0. The molecule has 4 nitrogen and oxygen atoms in total. The molecule has 0 fully saturated rings. The van der Waals surface area contributed by atoms with Gasteiger partial charge in [-0.25, -0.2) is 0 Å². The molecule has 0 aliphatic heterocycles. The van der Waals surface area contributed by atoms with Crippen LogP contribution in [-0.2, 0) is 11.3 Å². The van der Waals surface area contributed by atoms with Gasteiger partial charge in [-0.1, -0.05) is 57.9 Å². The maximum atomic E-state index is 12.0. The van der Waals surface area contributed by atoms with Crippen LogP contribution in [0.4, 0.5) is 0 Å². The lowest BCUT2D eigenvalue weighted by Crippen LogP contribution is -2.42. The highest BCUT2D eigenvalue weighted by Crippen LogP contribution is 2.27. The summed E-state index contributed by atoms with van der Waals surface area (Å²) in [7, 11) is 1.82. The van der Waals surface area contributed by atoms with Gasteiger partial charge in [0.05, 0.1) is 5.02 Å². The molecule has 0 spiro atoms. The van der Waals surface area contributed by atoms with Crippen molar-refractivity contribution in [3.8, 4) is 5.75 Å². The number of carbonyl (C=O) groups excluding carboxylic acids is 1. The topological polar surface area (TPSA) is 41.6 Å². The number of carbonyl (C=O) groups is 1. The van der Waals surface area contributed by atoms with E-state index >= 15 is 0 Å². The molecular formula is C17H16BrClN2O2S. The van der Waals surface area contributed by atoms with Crippen molar-refractivity contribution in [2.45, 2.75) is 6.54 Å². The number of nitrogens with zero attached hydrogens (tertiary/aromatic N) is 1. The second kappa shape index (κ2) is 9.01. The van der Waals surface area contributed by atoms with E-state index < -0.39 is 0 Å². The van der Waals surface area contributed by atoms with Crippen LogP contribution in [0.15, 0.2) is 53.0 Å². The van der Waals surface area contributed by atoms with Crippen molar-refractivity contribution >= 4 is 50.8 Å². The fourth-order valence-electron chi connectivity index (χ4n) is 1.92. The van der Waals surface area contributed by atoms with Gasteiger partial charge in [0.2, 0.25) is 0 Å². The molecule has 0 aliphatic rings. The summed E-state index contributed by atoms with van der Waals surface area (Å²) in [5.74, 6) is 0.109. The third kappa shape index (κ3) is 5.78. The maximum absolute atomic E-state index is 12.0. The highest BCUT2D eigenvalue weighted by molar-refractivity contribution is 9.10. The summed E-state index contributed by atoms with van der Waals surface area (Å²) < 4.78 is 6.25. The molecule has 24 heavy (non-hydrogen) atoms. The van der Waals surface area contributed by atoms with E-state index in [-0.39, 0.29) is 12.5 Å². The maximum Gasteiger partial charge on any atom is 0.264 e. The average molecular weight is 428 g/mol. The molecule has 0 saturated carbocycles. The first-order valence-corrected chi connectivity index (χ1v) is 8.70. The first kappa shape index (κ1) is 18.7. The van der Waals surface area contributed by atoms with Crippen LogP contribution in [0.5, 0.6) is 5.75 Å². The minimum Gasteiger partial charge on any atom is -0.482 e. The highest BCUT2D eigenvalue weighted by atomic mass is 79.9. The molecule has 2 aromatic carbocycles. The monoisotopic (exact) mass is 426 g/mol. The zero-order valence-corrected chi connectivity index (χ0v) is 16.1. The van der Waals surface area contributed by atoms with E-state index in [4.69, 9.17) is 28.6 Å². The van der Waals surface area contributed by atoms with Gasteiger partial charge in [-0.2, -0.15) is 0 Å². The number of amides is 1. The van der Waals surface area contributed by atoms with Gasteiger partial charge >= 0.3 is 0 Å². The summed E-state index contributed by atoms with van der Waals surface area (Å²) in [5, 5.41) is 3.42. The Balaban J connectivity index is 1.82. The van der Waals surface area contributed by atoms with Crippen LogP contribution in [0, 0.1) is 0 Å². The van der Waals surface area contributed by atoms with Crippen molar-refractivity contribution in [1.29, 1.82) is 0 Å². The largest absolute Gasteiger partial charge is 0.482 e. The summed E-state index contributed by atoms with van der Waals surface area (Å²) in [6, 6.07) is 15.1. The third-order valence-electron chi connectivity index (χ3n) is 3.11. The number of rotatable bonds is 5. The predicted molar refractivity (Wildman–Crippen MR) is 103 cm³/mol. The Kier molecular flexibility index (Phi) is 7.02. The lowest BCUT2D eigenvalue weighted by atomic mass is 10.2. The second-order valence-corrected chi connectivity index (χ2v) is 6.77. The molecule has 0 bridgehead atoms. The second-order valence-electron chi connectivity index (χ2n) is 5.06. The number of halogens is 2. The molecule has 0 unspecified atom stereocenters. The first-order chi connectivity index (χ1) is 11.5. The normalized spacial score (nSPS) is 10.1. The standard InChI is InChI=1S/C17H16BrClN2O2S/c1-21(10-12-5-3-2-4-6-12)17(24)20-16(22)11-23-15-8-7-13(18)9-14(15)19/h2-9H,10-11H2,1H3,(H,20,22,24).